The van der Waals surface area contributed by atoms with Crippen molar-refractivity contribution in [3.8, 4) is 0 Å². The number of aryl methyl sites for hydroxylation is 1. The van der Waals surface area contributed by atoms with E-state index in [0.29, 0.717) is 4.21 Å². The molecular weight excluding hydrogens is 425 g/mol. The summed E-state index contributed by atoms with van der Waals surface area (Å²) in [4.78, 5) is 5.38. The van der Waals surface area contributed by atoms with Crippen LogP contribution in [0.1, 0.15) is 16.7 Å². The van der Waals surface area contributed by atoms with Crippen molar-refractivity contribution in [2.45, 2.75) is 17.2 Å². The van der Waals surface area contributed by atoms with E-state index in [1.807, 2.05) is 19.1 Å². The fraction of sp³-hybridized carbons (Fsp3) is 0.333. The van der Waals surface area contributed by atoms with E-state index in [1.165, 1.54) is 23.5 Å². The number of nitrogens with zero attached hydrogens (tertiary/aromatic N) is 2. The van der Waals surface area contributed by atoms with Crippen LogP contribution >= 0.6 is 11.3 Å². The Balaban J connectivity index is 1.44. The highest BCUT2D eigenvalue weighted by Crippen LogP contribution is 2.26. The van der Waals surface area contributed by atoms with Crippen molar-refractivity contribution in [1.29, 1.82) is 0 Å². The van der Waals surface area contributed by atoms with Gasteiger partial charge in [0, 0.05) is 43.3 Å². The molecule has 9 heteroatoms. The van der Waals surface area contributed by atoms with E-state index in [1.54, 1.807) is 30.5 Å². The van der Waals surface area contributed by atoms with Gasteiger partial charge in [-0.15, -0.1) is 11.3 Å². The fourth-order valence-electron chi connectivity index (χ4n) is 3.65. The van der Waals surface area contributed by atoms with Crippen LogP contribution in [0.5, 0.6) is 0 Å². The van der Waals surface area contributed by atoms with Gasteiger partial charge in [0.25, 0.3) is 0 Å². The summed E-state index contributed by atoms with van der Waals surface area (Å²) < 4.78 is 47.2. The summed E-state index contributed by atoms with van der Waals surface area (Å²) in [5, 5.41) is 0. The molecule has 1 atom stereocenters. The Morgan fingerprint density at radius 2 is 1.83 bits per heavy atom. The van der Waals surface area contributed by atoms with Gasteiger partial charge in [-0.1, -0.05) is 0 Å². The van der Waals surface area contributed by atoms with Crippen molar-refractivity contribution in [2.75, 3.05) is 37.6 Å². The number of nitrogens with one attached hydrogen (secondary N) is 1. The van der Waals surface area contributed by atoms with Crippen molar-refractivity contribution < 1.29 is 17.2 Å². The van der Waals surface area contributed by atoms with Crippen LogP contribution in [0, 0.1) is 12.7 Å². The Labute approximate surface area is 180 Å². The third kappa shape index (κ3) is 4.75. The van der Waals surface area contributed by atoms with E-state index in [0.717, 1.165) is 42.5 Å². The number of benzene rings is 1. The molecule has 160 valence electrons. The Bertz CT molecular complexity index is 1060. The minimum Gasteiger partial charge on any atom is -0.468 e. The Hall–Kier alpha value is -2.20. The van der Waals surface area contributed by atoms with Crippen LogP contribution in [0.3, 0.4) is 0 Å². The lowest BCUT2D eigenvalue weighted by Gasteiger charge is -2.39. The summed E-state index contributed by atoms with van der Waals surface area (Å²) in [5.41, 5.74) is 0.986. The first-order valence-electron chi connectivity index (χ1n) is 9.76. The molecule has 1 fully saturated rings. The summed E-state index contributed by atoms with van der Waals surface area (Å²) in [6.45, 7) is 5.11. The second-order valence-electron chi connectivity index (χ2n) is 7.25. The van der Waals surface area contributed by atoms with Crippen LogP contribution in [-0.2, 0) is 10.0 Å². The molecule has 3 aromatic rings. The number of anilines is 1. The summed E-state index contributed by atoms with van der Waals surface area (Å²) in [5.74, 6) is 0.485. The molecule has 1 aromatic carbocycles. The van der Waals surface area contributed by atoms with Crippen LogP contribution in [0.15, 0.2) is 63.4 Å². The minimum absolute atomic E-state index is 0.203. The third-order valence-electron chi connectivity index (χ3n) is 5.27. The van der Waals surface area contributed by atoms with E-state index in [-0.39, 0.29) is 18.4 Å². The zero-order chi connectivity index (χ0) is 21.1. The molecule has 1 N–H and O–H groups in total. The minimum atomic E-state index is -3.57. The summed E-state index contributed by atoms with van der Waals surface area (Å²) >= 11 is 1.26. The number of hydrogen-bond acceptors (Lipinski definition) is 6. The standard InChI is InChI=1S/C21H24FN3O3S2/c1-16-4-9-21(29-16)30(26,27)23-15-19(20-3-2-14-28-20)25-12-10-24(11-13-25)18-7-5-17(22)6-8-18/h2-9,14,19,23H,10-13,15H2,1H3. The van der Waals surface area contributed by atoms with Crippen LogP contribution in [0.25, 0.3) is 0 Å². The lowest BCUT2D eigenvalue weighted by atomic mass is 10.1. The molecule has 0 amide bonds. The second-order valence-corrected chi connectivity index (χ2v) is 10.5. The maximum absolute atomic E-state index is 13.2. The number of piperazine rings is 1. The fourth-order valence-corrected chi connectivity index (χ4v) is 6.02. The van der Waals surface area contributed by atoms with E-state index in [2.05, 4.69) is 14.5 Å². The first-order valence-corrected chi connectivity index (χ1v) is 12.1. The zero-order valence-corrected chi connectivity index (χ0v) is 18.3. The van der Waals surface area contributed by atoms with Gasteiger partial charge in [-0.3, -0.25) is 4.90 Å². The van der Waals surface area contributed by atoms with Crippen molar-refractivity contribution in [3.05, 3.63) is 71.2 Å². The highest BCUT2D eigenvalue weighted by molar-refractivity contribution is 7.91. The molecular formula is C21H24FN3O3S2. The van der Waals surface area contributed by atoms with Crippen LogP contribution in [0.4, 0.5) is 10.1 Å². The van der Waals surface area contributed by atoms with Crippen LogP contribution < -0.4 is 9.62 Å². The average Bonchev–Trinajstić information content (AvgIpc) is 3.42. The lowest BCUT2D eigenvalue weighted by molar-refractivity contribution is 0.166. The van der Waals surface area contributed by atoms with Crippen LogP contribution in [-0.4, -0.2) is 46.0 Å². The molecule has 4 rings (SSSR count). The monoisotopic (exact) mass is 449 g/mol. The van der Waals surface area contributed by atoms with Gasteiger partial charge in [-0.2, -0.15) is 0 Å². The number of thiophene rings is 1. The van der Waals surface area contributed by atoms with E-state index >= 15 is 0 Å². The molecule has 30 heavy (non-hydrogen) atoms. The molecule has 0 saturated carbocycles. The Morgan fingerprint density at radius 3 is 2.43 bits per heavy atom. The van der Waals surface area contributed by atoms with Gasteiger partial charge in [0.05, 0.1) is 12.3 Å². The van der Waals surface area contributed by atoms with E-state index in [4.69, 9.17) is 4.42 Å². The molecule has 0 radical (unpaired) electrons. The first-order chi connectivity index (χ1) is 14.4. The Morgan fingerprint density at radius 1 is 1.10 bits per heavy atom. The topological polar surface area (TPSA) is 65.8 Å². The van der Waals surface area contributed by atoms with Crippen molar-refractivity contribution in [1.82, 2.24) is 9.62 Å². The predicted molar refractivity (Wildman–Crippen MR) is 116 cm³/mol. The molecule has 1 unspecified atom stereocenters. The molecule has 0 aliphatic carbocycles. The van der Waals surface area contributed by atoms with Gasteiger partial charge in [0.15, 0.2) is 0 Å². The summed E-state index contributed by atoms with van der Waals surface area (Å²) in [7, 11) is -3.57. The van der Waals surface area contributed by atoms with Gasteiger partial charge < -0.3 is 9.32 Å². The number of sulfonamides is 1. The van der Waals surface area contributed by atoms with E-state index in [9.17, 15) is 12.8 Å². The summed E-state index contributed by atoms with van der Waals surface area (Å²) in [6.07, 6.45) is 1.61. The van der Waals surface area contributed by atoms with Crippen molar-refractivity contribution >= 4 is 27.0 Å². The largest absolute Gasteiger partial charge is 0.468 e. The second kappa shape index (κ2) is 8.89. The quantitative estimate of drug-likeness (QED) is 0.597. The molecule has 0 bridgehead atoms. The van der Waals surface area contributed by atoms with Gasteiger partial charge in [0.2, 0.25) is 10.0 Å². The maximum atomic E-state index is 13.2. The molecule has 1 saturated heterocycles. The van der Waals surface area contributed by atoms with Crippen molar-refractivity contribution in [2.24, 2.45) is 0 Å². The number of furan rings is 1. The maximum Gasteiger partial charge on any atom is 0.250 e. The molecule has 6 nitrogen and oxygen atoms in total. The highest BCUT2D eigenvalue weighted by atomic mass is 32.2. The molecule has 1 aliphatic rings. The SMILES string of the molecule is Cc1ccc(S(=O)(=O)NCC(c2ccco2)N2CCN(c3ccc(F)cc3)CC2)s1. The van der Waals surface area contributed by atoms with Crippen LogP contribution in [0.2, 0.25) is 0 Å². The molecule has 0 spiro atoms. The van der Waals surface area contributed by atoms with E-state index < -0.39 is 10.0 Å². The summed E-state index contributed by atoms with van der Waals surface area (Å²) in [6, 6.07) is 13.4. The number of rotatable bonds is 7. The van der Waals surface area contributed by atoms with Crippen molar-refractivity contribution in [3.63, 3.8) is 0 Å². The molecule has 1 aliphatic heterocycles. The average molecular weight is 450 g/mol. The smallest absolute Gasteiger partial charge is 0.250 e. The Kier molecular flexibility index (Phi) is 6.24. The number of halogens is 1. The third-order valence-corrected chi connectivity index (χ3v) is 8.18. The van der Waals surface area contributed by atoms with Gasteiger partial charge in [0.1, 0.15) is 15.8 Å². The predicted octanol–water partition coefficient (Wildman–Crippen LogP) is 3.63. The normalized spacial score (nSPS) is 16.7. The van der Waals surface area contributed by atoms with Gasteiger partial charge in [-0.25, -0.2) is 17.5 Å². The highest BCUT2D eigenvalue weighted by Gasteiger charge is 2.29. The number of hydrogen-bond donors (Lipinski definition) is 1. The molecule has 2 aromatic heterocycles. The molecule has 3 heterocycles. The lowest BCUT2D eigenvalue weighted by Crippen LogP contribution is -2.49. The van der Waals surface area contributed by atoms with Gasteiger partial charge in [-0.05, 0) is 55.5 Å². The zero-order valence-electron chi connectivity index (χ0n) is 16.6. The van der Waals surface area contributed by atoms with Gasteiger partial charge >= 0.3 is 0 Å². The first kappa shape index (κ1) is 21.0.